The molecule has 0 saturated heterocycles. The quantitative estimate of drug-likeness (QED) is 0.396. The molecular formula is C21H17FN6O. The molecule has 1 saturated carbocycles. The van der Waals surface area contributed by atoms with Crippen LogP contribution < -0.4 is 5.32 Å². The Balaban J connectivity index is 1.47. The lowest BCUT2D eigenvalue weighted by Gasteiger charge is -2.08. The van der Waals surface area contributed by atoms with Crippen molar-refractivity contribution in [2.75, 3.05) is 5.32 Å². The van der Waals surface area contributed by atoms with E-state index in [1.165, 1.54) is 12.4 Å². The molecule has 0 radical (unpaired) electrons. The molecular weight excluding hydrogens is 371 g/mol. The number of H-pyrrole nitrogens is 1. The summed E-state index contributed by atoms with van der Waals surface area (Å²) >= 11 is 0. The summed E-state index contributed by atoms with van der Waals surface area (Å²) in [5.74, 6) is -0.646. The molecule has 2 N–H and O–H groups in total. The summed E-state index contributed by atoms with van der Waals surface area (Å²) in [4.78, 5) is 32.7. The SMILES string of the molecule is Cc1ccc(Nc2ccc(C(=O)c3c[nH]c4ncnc(C5CC5)c34)c(F)n2)cn1. The van der Waals surface area contributed by atoms with Gasteiger partial charge in [-0.1, -0.05) is 0 Å². The van der Waals surface area contributed by atoms with Crippen molar-refractivity contribution in [3.8, 4) is 0 Å². The minimum Gasteiger partial charge on any atom is -0.345 e. The van der Waals surface area contributed by atoms with Crippen molar-refractivity contribution in [2.24, 2.45) is 0 Å². The summed E-state index contributed by atoms with van der Waals surface area (Å²) in [6, 6.07) is 6.68. The van der Waals surface area contributed by atoms with Crippen LogP contribution in [0, 0.1) is 12.9 Å². The molecule has 0 bridgehead atoms. The number of halogens is 1. The molecule has 5 rings (SSSR count). The van der Waals surface area contributed by atoms with E-state index < -0.39 is 11.7 Å². The summed E-state index contributed by atoms with van der Waals surface area (Å²) in [5, 5.41) is 3.66. The predicted octanol–water partition coefficient (Wildman–Crippen LogP) is 4.05. The van der Waals surface area contributed by atoms with Crippen LogP contribution in [0.15, 0.2) is 43.0 Å². The van der Waals surface area contributed by atoms with Crippen LogP contribution in [-0.2, 0) is 0 Å². The molecule has 1 aliphatic carbocycles. The van der Waals surface area contributed by atoms with Gasteiger partial charge >= 0.3 is 0 Å². The number of carbonyl (C=O) groups is 1. The van der Waals surface area contributed by atoms with E-state index in [-0.39, 0.29) is 5.56 Å². The molecule has 4 aromatic rings. The number of aryl methyl sites for hydroxylation is 1. The van der Waals surface area contributed by atoms with Gasteiger partial charge in [-0.05, 0) is 44.0 Å². The number of nitrogens with one attached hydrogen (secondary N) is 2. The Morgan fingerprint density at radius 3 is 2.72 bits per heavy atom. The van der Waals surface area contributed by atoms with Gasteiger partial charge in [-0.3, -0.25) is 9.78 Å². The molecule has 29 heavy (non-hydrogen) atoms. The third-order valence-electron chi connectivity index (χ3n) is 4.98. The van der Waals surface area contributed by atoms with Crippen molar-refractivity contribution in [1.82, 2.24) is 24.9 Å². The smallest absolute Gasteiger partial charge is 0.226 e. The molecule has 0 aliphatic heterocycles. The summed E-state index contributed by atoms with van der Waals surface area (Å²) in [6.07, 6.45) is 6.77. The Hall–Kier alpha value is -3.68. The van der Waals surface area contributed by atoms with E-state index in [0.29, 0.717) is 34.0 Å². The largest absolute Gasteiger partial charge is 0.345 e. The Morgan fingerprint density at radius 1 is 1.14 bits per heavy atom. The first-order valence-corrected chi connectivity index (χ1v) is 9.33. The van der Waals surface area contributed by atoms with Crippen LogP contribution in [0.3, 0.4) is 0 Å². The van der Waals surface area contributed by atoms with E-state index in [4.69, 9.17) is 0 Å². The monoisotopic (exact) mass is 388 g/mol. The minimum atomic E-state index is -0.834. The molecule has 0 aromatic carbocycles. The first-order chi connectivity index (χ1) is 14.1. The van der Waals surface area contributed by atoms with Gasteiger partial charge in [0.05, 0.1) is 34.1 Å². The predicted molar refractivity (Wildman–Crippen MR) is 106 cm³/mol. The van der Waals surface area contributed by atoms with Crippen molar-refractivity contribution >= 4 is 28.3 Å². The van der Waals surface area contributed by atoms with Crippen LogP contribution in [-0.4, -0.2) is 30.7 Å². The highest BCUT2D eigenvalue weighted by atomic mass is 19.1. The Labute approximate surface area is 165 Å². The number of hydrogen-bond donors (Lipinski definition) is 2. The van der Waals surface area contributed by atoms with Gasteiger partial charge in [-0.25, -0.2) is 15.0 Å². The number of pyridine rings is 2. The third-order valence-corrected chi connectivity index (χ3v) is 4.98. The van der Waals surface area contributed by atoms with Crippen LogP contribution in [0.4, 0.5) is 15.9 Å². The average Bonchev–Trinajstić information content (AvgIpc) is 3.47. The van der Waals surface area contributed by atoms with Crippen molar-refractivity contribution in [1.29, 1.82) is 0 Å². The Kier molecular flexibility index (Phi) is 4.04. The molecule has 0 atom stereocenters. The second-order valence-corrected chi connectivity index (χ2v) is 7.14. The van der Waals surface area contributed by atoms with Gasteiger partial charge in [0.1, 0.15) is 17.8 Å². The van der Waals surface area contributed by atoms with Gasteiger partial charge < -0.3 is 10.3 Å². The van der Waals surface area contributed by atoms with Gasteiger partial charge in [-0.15, -0.1) is 0 Å². The normalized spacial score (nSPS) is 13.6. The average molecular weight is 388 g/mol. The molecule has 0 unspecified atom stereocenters. The summed E-state index contributed by atoms with van der Waals surface area (Å²) in [6.45, 7) is 1.88. The Bertz CT molecular complexity index is 1230. The first-order valence-electron chi connectivity index (χ1n) is 9.33. The fraction of sp³-hybridized carbons (Fsp3) is 0.190. The van der Waals surface area contributed by atoms with Crippen molar-refractivity contribution in [3.05, 3.63) is 71.4 Å². The number of hydrogen-bond acceptors (Lipinski definition) is 6. The lowest BCUT2D eigenvalue weighted by Crippen LogP contribution is -2.08. The highest BCUT2D eigenvalue weighted by molar-refractivity contribution is 6.16. The van der Waals surface area contributed by atoms with Crippen molar-refractivity contribution in [3.63, 3.8) is 0 Å². The molecule has 4 aromatic heterocycles. The molecule has 1 fully saturated rings. The van der Waals surface area contributed by atoms with E-state index >= 15 is 0 Å². The fourth-order valence-corrected chi connectivity index (χ4v) is 3.34. The highest BCUT2D eigenvalue weighted by Crippen LogP contribution is 2.42. The molecule has 0 spiro atoms. The standard InChI is InChI=1S/C21H17FN6O/c1-11-2-5-13(8-23-11)27-16-7-6-14(20(22)28-16)19(29)15-9-24-21-17(15)18(12-3-4-12)25-10-26-21/h2,5-10,12H,3-4H2,1H3,(H,27,28)(H,24,25,26). The molecule has 144 valence electrons. The van der Waals surface area contributed by atoms with Gasteiger partial charge in [-0.2, -0.15) is 4.39 Å². The zero-order chi connectivity index (χ0) is 20.0. The summed E-state index contributed by atoms with van der Waals surface area (Å²) in [7, 11) is 0. The second-order valence-electron chi connectivity index (χ2n) is 7.14. The maximum absolute atomic E-state index is 14.7. The van der Waals surface area contributed by atoms with E-state index in [1.807, 2.05) is 19.1 Å². The molecule has 7 nitrogen and oxygen atoms in total. The number of aromatic nitrogens is 5. The van der Waals surface area contributed by atoms with Crippen LogP contribution in [0.25, 0.3) is 11.0 Å². The zero-order valence-electron chi connectivity index (χ0n) is 15.6. The maximum Gasteiger partial charge on any atom is 0.226 e. The molecule has 0 amide bonds. The van der Waals surface area contributed by atoms with E-state index in [0.717, 1.165) is 24.2 Å². The number of anilines is 2. The second kappa shape index (κ2) is 6.73. The van der Waals surface area contributed by atoms with Gasteiger partial charge in [0.15, 0.2) is 5.78 Å². The van der Waals surface area contributed by atoms with E-state index in [9.17, 15) is 9.18 Å². The number of fused-ring (bicyclic) bond motifs is 1. The van der Waals surface area contributed by atoms with E-state index in [2.05, 4.69) is 30.2 Å². The van der Waals surface area contributed by atoms with E-state index in [1.54, 1.807) is 18.5 Å². The van der Waals surface area contributed by atoms with Crippen molar-refractivity contribution in [2.45, 2.75) is 25.7 Å². The van der Waals surface area contributed by atoms with Crippen LogP contribution in [0.2, 0.25) is 0 Å². The van der Waals surface area contributed by atoms with Crippen LogP contribution in [0.1, 0.15) is 46.1 Å². The highest BCUT2D eigenvalue weighted by Gasteiger charge is 2.30. The summed E-state index contributed by atoms with van der Waals surface area (Å²) < 4.78 is 14.7. The number of rotatable bonds is 5. The van der Waals surface area contributed by atoms with Gasteiger partial charge in [0.2, 0.25) is 5.95 Å². The lowest BCUT2D eigenvalue weighted by molar-refractivity contribution is 0.103. The zero-order valence-corrected chi connectivity index (χ0v) is 15.6. The molecule has 1 aliphatic rings. The first kappa shape index (κ1) is 17.4. The topological polar surface area (TPSA) is 96.5 Å². The maximum atomic E-state index is 14.7. The van der Waals surface area contributed by atoms with Gasteiger partial charge in [0, 0.05) is 17.8 Å². The number of aromatic amines is 1. The van der Waals surface area contributed by atoms with Gasteiger partial charge in [0.25, 0.3) is 0 Å². The third kappa shape index (κ3) is 3.22. The summed E-state index contributed by atoms with van der Waals surface area (Å²) in [5.41, 5.74) is 3.27. The molecule has 4 heterocycles. The van der Waals surface area contributed by atoms with Crippen molar-refractivity contribution < 1.29 is 9.18 Å². The number of ketones is 1. The lowest BCUT2D eigenvalue weighted by atomic mass is 10.0. The fourth-order valence-electron chi connectivity index (χ4n) is 3.34. The number of carbonyl (C=O) groups excluding carboxylic acids is 1. The Morgan fingerprint density at radius 2 is 2.00 bits per heavy atom. The van der Waals surface area contributed by atoms with Crippen LogP contribution in [0.5, 0.6) is 0 Å². The molecule has 8 heteroatoms. The minimum absolute atomic E-state index is 0.0934. The number of nitrogens with zero attached hydrogens (tertiary/aromatic N) is 4. The van der Waals surface area contributed by atoms with Crippen LogP contribution >= 0.6 is 0 Å².